The highest BCUT2D eigenvalue weighted by Gasteiger charge is 2.01. The van der Waals surface area contributed by atoms with Crippen molar-refractivity contribution in [1.82, 2.24) is 0 Å². The molecule has 0 aliphatic rings. The predicted molar refractivity (Wildman–Crippen MR) is 90.6 cm³/mol. The molecule has 0 fully saturated rings. The van der Waals surface area contributed by atoms with E-state index in [1.54, 1.807) is 11.8 Å². The van der Waals surface area contributed by atoms with E-state index in [0.717, 1.165) is 21.2 Å². The van der Waals surface area contributed by atoms with E-state index < -0.39 is 0 Å². The average molecular weight is 366 g/mol. The molecule has 0 bridgehead atoms. The lowest BCUT2D eigenvalue weighted by atomic mass is 10.3. The van der Waals surface area contributed by atoms with E-state index in [4.69, 9.17) is 4.74 Å². The lowest BCUT2D eigenvalue weighted by Crippen LogP contribution is -2.11. The van der Waals surface area contributed by atoms with Crippen LogP contribution in [-0.2, 0) is 4.79 Å². The van der Waals surface area contributed by atoms with Gasteiger partial charge in [-0.1, -0.05) is 27.7 Å². The van der Waals surface area contributed by atoms with E-state index in [9.17, 15) is 4.79 Å². The molecular weight excluding hydrogens is 350 g/mol. The molecule has 0 aromatic heterocycles. The van der Waals surface area contributed by atoms with Crippen LogP contribution in [-0.4, -0.2) is 17.8 Å². The number of carbonyl (C=O) groups is 1. The zero-order valence-corrected chi connectivity index (χ0v) is 14.0. The van der Waals surface area contributed by atoms with Gasteiger partial charge in [0, 0.05) is 15.5 Å². The highest BCUT2D eigenvalue weighted by atomic mass is 79.9. The molecule has 2 aromatic carbocycles. The summed E-state index contributed by atoms with van der Waals surface area (Å²) in [6.07, 6.45) is 0. The summed E-state index contributed by atoms with van der Waals surface area (Å²) >= 11 is 4.79. The minimum absolute atomic E-state index is 0.0538. The molecule has 0 aliphatic carbocycles. The predicted octanol–water partition coefficient (Wildman–Crippen LogP) is 4.57. The molecule has 0 spiro atoms. The van der Waals surface area contributed by atoms with Gasteiger partial charge in [0.2, 0.25) is 5.91 Å². The Morgan fingerprint density at radius 2 is 1.67 bits per heavy atom. The third-order valence-electron chi connectivity index (χ3n) is 2.63. The highest BCUT2D eigenvalue weighted by molar-refractivity contribution is 9.09. The summed E-state index contributed by atoms with van der Waals surface area (Å²) < 4.78 is 5.42. The second-order valence-electron chi connectivity index (χ2n) is 4.21. The van der Waals surface area contributed by atoms with Gasteiger partial charge in [0.05, 0.1) is 11.9 Å². The van der Waals surface area contributed by atoms with E-state index in [1.807, 2.05) is 55.5 Å². The number of halogens is 1. The second-order valence-corrected chi connectivity index (χ2v) is 5.92. The molecule has 2 aromatic rings. The Kier molecular flexibility index (Phi) is 6.14. The van der Waals surface area contributed by atoms with Crippen LogP contribution in [0.25, 0.3) is 0 Å². The summed E-state index contributed by atoms with van der Waals surface area (Å²) in [4.78, 5) is 13.5. The van der Waals surface area contributed by atoms with Crippen LogP contribution in [0.3, 0.4) is 0 Å². The topological polar surface area (TPSA) is 38.3 Å². The van der Waals surface area contributed by atoms with Crippen molar-refractivity contribution in [2.24, 2.45) is 0 Å². The third-order valence-corrected chi connectivity index (χ3v) is 4.15. The molecule has 3 nitrogen and oxygen atoms in total. The zero-order valence-electron chi connectivity index (χ0n) is 11.6. The first kappa shape index (κ1) is 15.9. The quantitative estimate of drug-likeness (QED) is 0.761. The molecule has 0 radical (unpaired) electrons. The lowest BCUT2D eigenvalue weighted by molar-refractivity contribution is -0.113. The Bertz CT molecular complexity index is 584. The van der Waals surface area contributed by atoms with E-state index >= 15 is 0 Å². The first-order chi connectivity index (χ1) is 10.2. The second kappa shape index (κ2) is 8.10. The minimum Gasteiger partial charge on any atom is -0.494 e. The Labute approximate surface area is 137 Å². The minimum atomic E-state index is -0.0538. The smallest absolute Gasteiger partial charge is 0.235 e. The average Bonchev–Trinajstić information content (AvgIpc) is 2.51. The SMILES string of the molecule is CCOc1ccc(Sc2ccc(NC(=O)CBr)cc2)cc1. The molecular formula is C16H16BrNO2S. The van der Waals surface area contributed by atoms with E-state index in [1.165, 1.54) is 0 Å². The van der Waals surface area contributed by atoms with Gasteiger partial charge < -0.3 is 10.1 Å². The molecule has 0 saturated carbocycles. The maximum atomic E-state index is 11.3. The van der Waals surface area contributed by atoms with Crippen LogP contribution >= 0.6 is 27.7 Å². The third kappa shape index (κ3) is 5.10. The van der Waals surface area contributed by atoms with Crippen molar-refractivity contribution >= 4 is 39.3 Å². The van der Waals surface area contributed by atoms with Crippen molar-refractivity contribution in [3.05, 3.63) is 48.5 Å². The first-order valence-electron chi connectivity index (χ1n) is 6.58. The fraction of sp³-hybridized carbons (Fsp3) is 0.188. The Hall–Kier alpha value is -1.46. The van der Waals surface area contributed by atoms with Crippen molar-refractivity contribution in [3.8, 4) is 5.75 Å². The van der Waals surface area contributed by atoms with Gasteiger partial charge >= 0.3 is 0 Å². The number of anilines is 1. The van der Waals surface area contributed by atoms with Crippen molar-refractivity contribution in [1.29, 1.82) is 0 Å². The molecule has 0 unspecified atom stereocenters. The number of rotatable bonds is 6. The number of carbonyl (C=O) groups excluding carboxylic acids is 1. The van der Waals surface area contributed by atoms with Gasteiger partial charge in [-0.15, -0.1) is 0 Å². The van der Waals surface area contributed by atoms with Crippen LogP contribution in [0.2, 0.25) is 0 Å². The van der Waals surface area contributed by atoms with E-state index in [-0.39, 0.29) is 5.91 Å². The van der Waals surface area contributed by atoms with Gasteiger partial charge in [0.25, 0.3) is 0 Å². The summed E-state index contributed by atoms with van der Waals surface area (Å²) in [6.45, 7) is 2.65. The lowest BCUT2D eigenvalue weighted by Gasteiger charge is -2.06. The summed E-state index contributed by atoms with van der Waals surface area (Å²) in [6, 6.07) is 15.8. The van der Waals surface area contributed by atoms with Crippen LogP contribution in [0.1, 0.15) is 6.92 Å². The normalized spacial score (nSPS) is 10.2. The number of ether oxygens (including phenoxy) is 1. The highest BCUT2D eigenvalue weighted by Crippen LogP contribution is 2.29. The van der Waals surface area contributed by atoms with Crippen LogP contribution in [0.5, 0.6) is 5.75 Å². The van der Waals surface area contributed by atoms with Crippen molar-refractivity contribution in [2.45, 2.75) is 16.7 Å². The maximum absolute atomic E-state index is 11.3. The zero-order chi connectivity index (χ0) is 15.1. The molecule has 1 amide bonds. The molecule has 2 rings (SSSR count). The van der Waals surface area contributed by atoms with Gasteiger partial charge in [-0.25, -0.2) is 0 Å². The van der Waals surface area contributed by atoms with Gasteiger partial charge in [0.1, 0.15) is 5.75 Å². The maximum Gasteiger partial charge on any atom is 0.235 e. The molecule has 0 saturated heterocycles. The molecule has 21 heavy (non-hydrogen) atoms. The van der Waals surface area contributed by atoms with Crippen molar-refractivity contribution in [3.63, 3.8) is 0 Å². The Morgan fingerprint density at radius 1 is 1.10 bits per heavy atom. The molecule has 110 valence electrons. The monoisotopic (exact) mass is 365 g/mol. The van der Waals surface area contributed by atoms with E-state index in [2.05, 4.69) is 21.2 Å². The molecule has 0 aliphatic heterocycles. The largest absolute Gasteiger partial charge is 0.494 e. The number of nitrogens with one attached hydrogen (secondary N) is 1. The summed E-state index contributed by atoms with van der Waals surface area (Å²) in [5.74, 6) is 0.830. The molecule has 1 N–H and O–H groups in total. The van der Waals surface area contributed by atoms with Gasteiger partial charge in [0.15, 0.2) is 0 Å². The Balaban J connectivity index is 1.97. The standard InChI is InChI=1S/C16H16BrNO2S/c1-2-20-13-5-9-15(10-6-13)21-14-7-3-12(4-8-14)18-16(19)11-17/h3-10H,2,11H2,1H3,(H,18,19). The molecule has 0 atom stereocenters. The van der Waals surface area contributed by atoms with E-state index in [0.29, 0.717) is 11.9 Å². The van der Waals surface area contributed by atoms with Crippen molar-refractivity contribution in [2.75, 3.05) is 17.3 Å². The number of amides is 1. The fourth-order valence-corrected chi connectivity index (χ4v) is 2.66. The van der Waals surface area contributed by atoms with Gasteiger partial charge in [-0.2, -0.15) is 0 Å². The fourth-order valence-electron chi connectivity index (χ4n) is 1.71. The van der Waals surface area contributed by atoms with Crippen LogP contribution in [0.4, 0.5) is 5.69 Å². The summed E-state index contributed by atoms with van der Waals surface area (Å²) in [5.41, 5.74) is 0.801. The first-order valence-corrected chi connectivity index (χ1v) is 8.51. The summed E-state index contributed by atoms with van der Waals surface area (Å²) in [7, 11) is 0. The van der Waals surface area contributed by atoms with Crippen LogP contribution in [0, 0.1) is 0 Å². The van der Waals surface area contributed by atoms with Crippen molar-refractivity contribution < 1.29 is 9.53 Å². The van der Waals surface area contributed by atoms with Gasteiger partial charge in [-0.05, 0) is 55.5 Å². The number of benzene rings is 2. The number of alkyl halides is 1. The Morgan fingerprint density at radius 3 is 2.19 bits per heavy atom. The van der Waals surface area contributed by atoms with Crippen LogP contribution < -0.4 is 10.1 Å². The van der Waals surface area contributed by atoms with Crippen LogP contribution in [0.15, 0.2) is 58.3 Å². The molecule has 5 heteroatoms. The molecule has 0 heterocycles. The van der Waals surface area contributed by atoms with Gasteiger partial charge in [-0.3, -0.25) is 4.79 Å². The number of hydrogen-bond donors (Lipinski definition) is 1. The summed E-state index contributed by atoms with van der Waals surface area (Å²) in [5, 5.41) is 3.09. The number of hydrogen-bond acceptors (Lipinski definition) is 3.